The molecule has 0 radical (unpaired) electrons. The molecule has 0 aliphatic rings. The van der Waals surface area contributed by atoms with Crippen molar-refractivity contribution in [1.29, 1.82) is 0 Å². The molecule has 0 bridgehead atoms. The molecular weight excluding hydrogens is 268 g/mol. The third-order valence-electron chi connectivity index (χ3n) is 1.97. The highest BCUT2D eigenvalue weighted by molar-refractivity contribution is 5.85. The van der Waals surface area contributed by atoms with E-state index in [0.717, 1.165) is 24.3 Å². The average molecular weight is 278 g/mol. The van der Waals surface area contributed by atoms with Gasteiger partial charge in [0.2, 0.25) is 0 Å². The zero-order valence-corrected chi connectivity index (χ0v) is 9.58. The van der Waals surface area contributed by atoms with E-state index in [9.17, 15) is 22.4 Å². The minimum Gasteiger partial charge on any atom is -0.493 e. The predicted octanol–water partition coefficient (Wildman–Crippen LogP) is 3.25. The number of benzene rings is 1. The van der Waals surface area contributed by atoms with Gasteiger partial charge in [-0.15, -0.1) is 0 Å². The molecule has 1 aromatic carbocycles. The van der Waals surface area contributed by atoms with Crippen molar-refractivity contribution in [2.75, 3.05) is 6.61 Å². The maximum atomic E-state index is 13.1. The Labute approximate surface area is 106 Å². The van der Waals surface area contributed by atoms with Crippen LogP contribution in [0.25, 0.3) is 6.08 Å². The first-order chi connectivity index (χ1) is 8.76. The van der Waals surface area contributed by atoms with E-state index in [2.05, 4.69) is 0 Å². The Morgan fingerprint density at radius 3 is 2.58 bits per heavy atom. The van der Waals surface area contributed by atoms with E-state index in [1.165, 1.54) is 6.07 Å². The topological polar surface area (TPSA) is 46.5 Å². The second kappa shape index (κ2) is 6.21. The maximum Gasteiger partial charge on any atom is 0.392 e. The fourth-order valence-electron chi connectivity index (χ4n) is 1.22. The van der Waals surface area contributed by atoms with Crippen LogP contribution in [0.5, 0.6) is 5.75 Å². The van der Waals surface area contributed by atoms with Crippen molar-refractivity contribution in [3.8, 4) is 5.75 Å². The molecule has 1 rings (SSSR count). The molecule has 19 heavy (non-hydrogen) atoms. The van der Waals surface area contributed by atoms with Crippen molar-refractivity contribution in [1.82, 2.24) is 0 Å². The molecule has 0 heterocycles. The molecule has 0 atom stereocenters. The molecule has 0 spiro atoms. The monoisotopic (exact) mass is 278 g/mol. The predicted molar refractivity (Wildman–Crippen MR) is 59.2 cm³/mol. The number of rotatable bonds is 5. The summed E-state index contributed by atoms with van der Waals surface area (Å²) in [7, 11) is 0. The first-order valence-corrected chi connectivity index (χ1v) is 5.17. The van der Waals surface area contributed by atoms with Gasteiger partial charge in [-0.25, -0.2) is 9.18 Å². The maximum absolute atomic E-state index is 13.1. The molecule has 3 nitrogen and oxygen atoms in total. The minimum absolute atomic E-state index is 0.0886. The number of halogens is 4. The lowest BCUT2D eigenvalue weighted by molar-refractivity contribution is -0.139. The highest BCUT2D eigenvalue weighted by atomic mass is 19.4. The zero-order valence-electron chi connectivity index (χ0n) is 9.58. The van der Waals surface area contributed by atoms with Gasteiger partial charge in [-0.05, 0) is 23.8 Å². The fourth-order valence-corrected chi connectivity index (χ4v) is 1.22. The van der Waals surface area contributed by atoms with Crippen LogP contribution in [-0.4, -0.2) is 23.9 Å². The molecule has 0 aliphatic heterocycles. The Bertz CT molecular complexity index is 480. The van der Waals surface area contributed by atoms with Gasteiger partial charge in [0.1, 0.15) is 11.6 Å². The van der Waals surface area contributed by atoms with E-state index in [1.807, 2.05) is 0 Å². The summed E-state index contributed by atoms with van der Waals surface area (Å²) in [5.74, 6) is -2.03. The Kier molecular flexibility index (Phi) is 4.91. The Morgan fingerprint density at radius 2 is 2.00 bits per heavy atom. The van der Waals surface area contributed by atoms with Gasteiger partial charge in [0.15, 0.2) is 0 Å². The number of hydrogen-bond acceptors (Lipinski definition) is 2. The molecule has 0 aromatic heterocycles. The summed E-state index contributed by atoms with van der Waals surface area (Å²) >= 11 is 0. The quantitative estimate of drug-likeness (QED) is 0.664. The van der Waals surface area contributed by atoms with Gasteiger partial charge in [0.25, 0.3) is 0 Å². The third kappa shape index (κ3) is 6.44. The summed E-state index contributed by atoms with van der Waals surface area (Å²) in [5, 5.41) is 8.41. The summed E-state index contributed by atoms with van der Waals surface area (Å²) in [4.78, 5) is 10.3. The van der Waals surface area contributed by atoms with E-state index >= 15 is 0 Å². The van der Waals surface area contributed by atoms with Crippen molar-refractivity contribution in [2.45, 2.75) is 12.6 Å². The molecular formula is C12H10F4O3. The normalized spacial score (nSPS) is 11.8. The Balaban J connectivity index is 2.71. The van der Waals surface area contributed by atoms with Gasteiger partial charge in [-0.3, -0.25) is 0 Å². The average Bonchev–Trinajstić information content (AvgIpc) is 2.24. The van der Waals surface area contributed by atoms with Crippen LogP contribution in [0, 0.1) is 5.82 Å². The summed E-state index contributed by atoms with van der Waals surface area (Å²) in [6, 6.07) is 3.21. The van der Waals surface area contributed by atoms with E-state index in [4.69, 9.17) is 9.84 Å². The molecule has 0 fully saturated rings. The number of alkyl halides is 3. The van der Waals surface area contributed by atoms with Gasteiger partial charge < -0.3 is 9.84 Å². The lowest BCUT2D eigenvalue weighted by Gasteiger charge is -2.09. The zero-order chi connectivity index (χ0) is 14.5. The van der Waals surface area contributed by atoms with Gasteiger partial charge in [-0.1, -0.05) is 0 Å². The van der Waals surface area contributed by atoms with E-state index in [1.54, 1.807) is 0 Å². The van der Waals surface area contributed by atoms with E-state index in [0.29, 0.717) is 0 Å². The van der Waals surface area contributed by atoms with Gasteiger partial charge in [0, 0.05) is 12.1 Å². The molecule has 0 unspecified atom stereocenters. The lowest BCUT2D eigenvalue weighted by atomic mass is 10.2. The Hall–Kier alpha value is -2.05. The lowest BCUT2D eigenvalue weighted by Crippen LogP contribution is -2.13. The summed E-state index contributed by atoms with van der Waals surface area (Å²) < 4.78 is 53.6. The molecule has 7 heteroatoms. The van der Waals surface area contributed by atoms with Crippen molar-refractivity contribution in [2.24, 2.45) is 0 Å². The summed E-state index contributed by atoms with van der Waals surface area (Å²) in [6.45, 7) is -0.630. The first kappa shape index (κ1) is 15.0. The van der Waals surface area contributed by atoms with Gasteiger partial charge >= 0.3 is 12.1 Å². The molecule has 104 valence electrons. The van der Waals surface area contributed by atoms with Gasteiger partial charge in [0.05, 0.1) is 13.0 Å². The molecule has 1 aromatic rings. The number of hydrogen-bond donors (Lipinski definition) is 1. The SMILES string of the molecule is O=C(O)/C=C/c1cc(F)cc(OCCC(F)(F)F)c1. The van der Waals surface area contributed by atoms with Crippen LogP contribution in [0.15, 0.2) is 24.3 Å². The van der Waals surface area contributed by atoms with Crippen LogP contribution >= 0.6 is 0 Å². The highest BCUT2D eigenvalue weighted by Crippen LogP contribution is 2.22. The van der Waals surface area contributed by atoms with Crippen molar-refractivity contribution in [3.63, 3.8) is 0 Å². The Morgan fingerprint density at radius 1 is 1.32 bits per heavy atom. The van der Waals surface area contributed by atoms with Crippen LogP contribution < -0.4 is 4.74 Å². The number of carboxylic acids is 1. The van der Waals surface area contributed by atoms with Crippen molar-refractivity contribution < 1.29 is 32.2 Å². The fraction of sp³-hybridized carbons (Fsp3) is 0.250. The smallest absolute Gasteiger partial charge is 0.392 e. The second-order valence-electron chi connectivity index (χ2n) is 3.61. The van der Waals surface area contributed by atoms with Crippen LogP contribution in [-0.2, 0) is 4.79 Å². The summed E-state index contributed by atoms with van der Waals surface area (Å²) in [5.41, 5.74) is 0.185. The van der Waals surface area contributed by atoms with E-state index in [-0.39, 0.29) is 11.3 Å². The van der Waals surface area contributed by atoms with E-state index < -0.39 is 31.0 Å². The third-order valence-corrected chi connectivity index (χ3v) is 1.97. The molecule has 0 amide bonds. The molecule has 0 aliphatic carbocycles. The number of ether oxygens (including phenoxy) is 1. The van der Waals surface area contributed by atoms with Crippen molar-refractivity contribution in [3.05, 3.63) is 35.7 Å². The number of aliphatic carboxylic acids is 1. The first-order valence-electron chi connectivity index (χ1n) is 5.17. The second-order valence-corrected chi connectivity index (χ2v) is 3.61. The highest BCUT2D eigenvalue weighted by Gasteiger charge is 2.26. The van der Waals surface area contributed by atoms with Crippen LogP contribution in [0.1, 0.15) is 12.0 Å². The van der Waals surface area contributed by atoms with Crippen molar-refractivity contribution >= 4 is 12.0 Å². The van der Waals surface area contributed by atoms with Crippen LogP contribution in [0.3, 0.4) is 0 Å². The largest absolute Gasteiger partial charge is 0.493 e. The van der Waals surface area contributed by atoms with Crippen LogP contribution in [0.2, 0.25) is 0 Å². The van der Waals surface area contributed by atoms with Gasteiger partial charge in [-0.2, -0.15) is 13.2 Å². The molecule has 0 saturated heterocycles. The minimum atomic E-state index is -4.35. The standard InChI is InChI=1S/C12H10F4O3/c13-9-5-8(1-2-11(17)18)6-10(7-9)19-4-3-12(14,15)16/h1-2,5-7H,3-4H2,(H,17,18)/b2-1+. The molecule has 0 saturated carbocycles. The molecule has 1 N–H and O–H groups in total. The summed E-state index contributed by atoms with van der Waals surface area (Å²) in [6.07, 6.45) is -3.60. The number of carbonyl (C=O) groups is 1. The number of carboxylic acid groups (broad SMARTS) is 1. The van der Waals surface area contributed by atoms with Crippen LogP contribution in [0.4, 0.5) is 17.6 Å².